The Balaban J connectivity index is 1.60. The van der Waals surface area contributed by atoms with Crippen LogP contribution in [0, 0.1) is 19.8 Å². The molecule has 1 aliphatic rings. The van der Waals surface area contributed by atoms with Crippen molar-refractivity contribution < 1.29 is 9.53 Å². The number of hydrogen-bond acceptors (Lipinski definition) is 3. The van der Waals surface area contributed by atoms with E-state index in [1.165, 1.54) is 11.1 Å². The van der Waals surface area contributed by atoms with Gasteiger partial charge in [-0.05, 0) is 43.0 Å². The summed E-state index contributed by atoms with van der Waals surface area (Å²) in [7, 11) is 0. The largest absolute Gasteiger partial charge is 0.374 e. The molecule has 0 bridgehead atoms. The van der Waals surface area contributed by atoms with Gasteiger partial charge in [0.1, 0.15) is 5.69 Å². The maximum absolute atomic E-state index is 12.5. The van der Waals surface area contributed by atoms with E-state index in [0.29, 0.717) is 18.2 Å². The van der Waals surface area contributed by atoms with Gasteiger partial charge in [-0.15, -0.1) is 0 Å². The average Bonchev–Trinajstić information content (AvgIpc) is 2.96. The minimum absolute atomic E-state index is 0.0600. The second-order valence-corrected chi connectivity index (χ2v) is 7.58. The highest BCUT2D eigenvalue weighted by molar-refractivity contribution is 5.99. The van der Waals surface area contributed by atoms with Gasteiger partial charge in [0.05, 0.1) is 12.7 Å². The number of carbonyl (C=O) groups is 1. The van der Waals surface area contributed by atoms with E-state index < -0.39 is 0 Å². The third-order valence-corrected chi connectivity index (χ3v) is 4.67. The molecule has 2 aromatic rings. The first-order valence-electron chi connectivity index (χ1n) is 9.14. The van der Waals surface area contributed by atoms with Gasteiger partial charge in [0.2, 0.25) is 0 Å². The van der Waals surface area contributed by atoms with Gasteiger partial charge in [-0.3, -0.25) is 9.69 Å². The topological polar surface area (TPSA) is 57.4 Å². The zero-order valence-corrected chi connectivity index (χ0v) is 15.7. The summed E-state index contributed by atoms with van der Waals surface area (Å²) in [4.78, 5) is 18.2. The molecule has 1 saturated heterocycles. The summed E-state index contributed by atoms with van der Waals surface area (Å²) < 4.78 is 5.80. The molecule has 5 heteroatoms. The number of carbonyl (C=O) groups excluding carboxylic acids is 1. The van der Waals surface area contributed by atoms with Crippen molar-refractivity contribution in [3.8, 4) is 0 Å². The van der Waals surface area contributed by atoms with Crippen LogP contribution in [0.4, 0.5) is 0 Å². The molecule has 2 heterocycles. The Morgan fingerprint density at radius 2 is 2.16 bits per heavy atom. The molecule has 0 radical (unpaired) electrons. The molecule has 3 rings (SSSR count). The van der Waals surface area contributed by atoms with Crippen molar-refractivity contribution in [3.05, 3.63) is 35.0 Å². The van der Waals surface area contributed by atoms with Crippen LogP contribution in [0.3, 0.4) is 0 Å². The Bertz CT molecular complexity index is 751. The number of benzene rings is 1. The maximum Gasteiger partial charge on any atom is 0.267 e. The second-order valence-electron chi connectivity index (χ2n) is 7.58. The van der Waals surface area contributed by atoms with Gasteiger partial charge < -0.3 is 15.0 Å². The first-order chi connectivity index (χ1) is 11.9. The molecular formula is C20H29N3O2. The van der Waals surface area contributed by atoms with Gasteiger partial charge in [-0.2, -0.15) is 0 Å². The van der Waals surface area contributed by atoms with Gasteiger partial charge in [0.25, 0.3) is 5.91 Å². The fourth-order valence-electron chi connectivity index (χ4n) is 3.61. The van der Waals surface area contributed by atoms with E-state index in [1.54, 1.807) is 0 Å². The van der Waals surface area contributed by atoms with Crippen molar-refractivity contribution in [2.75, 3.05) is 32.8 Å². The van der Waals surface area contributed by atoms with Crippen molar-refractivity contribution in [1.82, 2.24) is 15.2 Å². The summed E-state index contributed by atoms with van der Waals surface area (Å²) in [6.07, 6.45) is 0.0600. The minimum Gasteiger partial charge on any atom is -0.374 e. The summed E-state index contributed by atoms with van der Waals surface area (Å²) in [5.41, 5.74) is 4.00. The molecule has 1 amide bonds. The lowest BCUT2D eigenvalue weighted by molar-refractivity contribution is -0.0295. The maximum atomic E-state index is 12.5. The number of morpholine rings is 1. The lowest BCUT2D eigenvalue weighted by atomic mass is 10.1. The van der Waals surface area contributed by atoms with E-state index in [9.17, 15) is 4.79 Å². The van der Waals surface area contributed by atoms with Crippen molar-refractivity contribution in [2.45, 2.75) is 33.8 Å². The number of rotatable bonds is 5. The van der Waals surface area contributed by atoms with E-state index in [4.69, 9.17) is 4.74 Å². The smallest absolute Gasteiger partial charge is 0.267 e. The molecule has 1 aliphatic heterocycles. The SMILES string of the molecule is Cc1cc(C)c2cc(C(=O)NCC3CN(CC(C)C)CCO3)[nH]c2c1. The zero-order chi connectivity index (χ0) is 18.0. The van der Waals surface area contributed by atoms with Gasteiger partial charge in [-0.1, -0.05) is 19.9 Å². The van der Waals surface area contributed by atoms with E-state index >= 15 is 0 Å². The number of amides is 1. The van der Waals surface area contributed by atoms with Crippen LogP contribution >= 0.6 is 0 Å². The molecule has 2 N–H and O–H groups in total. The van der Waals surface area contributed by atoms with E-state index in [0.717, 1.165) is 37.1 Å². The van der Waals surface area contributed by atoms with Crippen LogP contribution in [-0.4, -0.2) is 54.7 Å². The Morgan fingerprint density at radius 3 is 2.92 bits per heavy atom. The lowest BCUT2D eigenvalue weighted by Gasteiger charge is -2.33. The fourth-order valence-corrected chi connectivity index (χ4v) is 3.61. The molecule has 0 aliphatic carbocycles. The van der Waals surface area contributed by atoms with Gasteiger partial charge in [-0.25, -0.2) is 0 Å². The van der Waals surface area contributed by atoms with Crippen molar-refractivity contribution in [1.29, 1.82) is 0 Å². The van der Waals surface area contributed by atoms with Crippen LogP contribution in [0.25, 0.3) is 10.9 Å². The van der Waals surface area contributed by atoms with Crippen LogP contribution in [0.5, 0.6) is 0 Å². The number of hydrogen-bond donors (Lipinski definition) is 2. The van der Waals surface area contributed by atoms with Gasteiger partial charge in [0.15, 0.2) is 0 Å². The van der Waals surface area contributed by atoms with Crippen LogP contribution in [0.15, 0.2) is 18.2 Å². The molecule has 1 aromatic carbocycles. The molecule has 0 spiro atoms. The quantitative estimate of drug-likeness (QED) is 0.878. The predicted octanol–water partition coefficient (Wildman–Crippen LogP) is 2.87. The number of aromatic amines is 1. The lowest BCUT2D eigenvalue weighted by Crippen LogP contribution is -2.48. The van der Waals surface area contributed by atoms with E-state index in [2.05, 4.69) is 55.0 Å². The highest BCUT2D eigenvalue weighted by Crippen LogP contribution is 2.21. The molecule has 1 unspecified atom stereocenters. The summed E-state index contributed by atoms with van der Waals surface area (Å²) in [6.45, 7) is 12.8. The highest BCUT2D eigenvalue weighted by atomic mass is 16.5. The van der Waals surface area contributed by atoms with Crippen LogP contribution in [-0.2, 0) is 4.74 Å². The first kappa shape index (κ1) is 18.0. The monoisotopic (exact) mass is 343 g/mol. The number of fused-ring (bicyclic) bond motifs is 1. The van der Waals surface area contributed by atoms with Crippen LogP contribution in [0.2, 0.25) is 0 Å². The second kappa shape index (κ2) is 7.58. The molecule has 25 heavy (non-hydrogen) atoms. The normalized spacial score (nSPS) is 18.8. The summed E-state index contributed by atoms with van der Waals surface area (Å²) >= 11 is 0. The zero-order valence-electron chi connectivity index (χ0n) is 15.7. The van der Waals surface area contributed by atoms with Gasteiger partial charge >= 0.3 is 0 Å². The third-order valence-electron chi connectivity index (χ3n) is 4.67. The average molecular weight is 343 g/mol. The Kier molecular flexibility index (Phi) is 5.45. The number of H-pyrrole nitrogens is 1. The number of aryl methyl sites for hydroxylation is 2. The van der Waals surface area contributed by atoms with Crippen LogP contribution in [0.1, 0.15) is 35.5 Å². The molecule has 5 nitrogen and oxygen atoms in total. The van der Waals surface area contributed by atoms with Crippen molar-refractivity contribution in [2.24, 2.45) is 5.92 Å². The van der Waals surface area contributed by atoms with E-state index in [-0.39, 0.29) is 12.0 Å². The minimum atomic E-state index is -0.0714. The number of ether oxygens (including phenoxy) is 1. The Labute approximate surface area is 149 Å². The standard InChI is InChI=1S/C20H29N3O2/c1-13(2)11-23-5-6-25-16(12-23)10-21-20(24)19-9-17-15(4)7-14(3)8-18(17)22-19/h7-9,13,16,22H,5-6,10-12H2,1-4H3,(H,21,24). The predicted molar refractivity (Wildman–Crippen MR) is 101 cm³/mol. The summed E-state index contributed by atoms with van der Waals surface area (Å²) in [5.74, 6) is 0.573. The Hall–Kier alpha value is -1.85. The highest BCUT2D eigenvalue weighted by Gasteiger charge is 2.22. The number of aromatic nitrogens is 1. The molecule has 136 valence electrons. The first-order valence-corrected chi connectivity index (χ1v) is 9.14. The molecule has 1 fully saturated rings. The molecule has 0 saturated carbocycles. The fraction of sp³-hybridized carbons (Fsp3) is 0.550. The summed E-state index contributed by atoms with van der Waals surface area (Å²) in [5, 5.41) is 4.12. The van der Waals surface area contributed by atoms with Gasteiger partial charge in [0, 0.05) is 37.1 Å². The van der Waals surface area contributed by atoms with E-state index in [1.807, 2.05) is 6.07 Å². The number of nitrogens with one attached hydrogen (secondary N) is 2. The van der Waals surface area contributed by atoms with Crippen LogP contribution < -0.4 is 5.32 Å². The molecule has 1 atom stereocenters. The third kappa shape index (κ3) is 4.41. The number of nitrogens with zero attached hydrogens (tertiary/aromatic N) is 1. The Morgan fingerprint density at radius 1 is 1.36 bits per heavy atom. The van der Waals surface area contributed by atoms with Crippen molar-refractivity contribution in [3.63, 3.8) is 0 Å². The molecular weight excluding hydrogens is 314 g/mol. The molecule has 1 aromatic heterocycles. The summed E-state index contributed by atoms with van der Waals surface area (Å²) in [6, 6.07) is 6.15. The van der Waals surface area contributed by atoms with Crippen molar-refractivity contribution >= 4 is 16.8 Å².